The van der Waals surface area contributed by atoms with E-state index in [1.807, 2.05) is 18.2 Å². The number of thiophene rings is 1. The summed E-state index contributed by atoms with van der Waals surface area (Å²) in [5, 5.41) is 1.71. The highest BCUT2D eigenvalue weighted by atomic mass is 32.2. The van der Waals surface area contributed by atoms with Gasteiger partial charge in [0.1, 0.15) is 4.21 Å². The molecule has 3 rings (SSSR count). The summed E-state index contributed by atoms with van der Waals surface area (Å²) in [4.78, 5) is 14.2. The fourth-order valence-corrected chi connectivity index (χ4v) is 4.97. The van der Waals surface area contributed by atoms with E-state index in [4.69, 9.17) is 0 Å². The summed E-state index contributed by atoms with van der Waals surface area (Å²) in [5.41, 5.74) is 2.40. The molecule has 23 heavy (non-hydrogen) atoms. The van der Waals surface area contributed by atoms with Crippen molar-refractivity contribution in [3.63, 3.8) is 0 Å². The monoisotopic (exact) mass is 350 g/mol. The summed E-state index contributed by atoms with van der Waals surface area (Å²) < 4.78 is 26.1. The SMILES string of the molecule is CN(CC(=O)N1CCc2ccccc2C1)S(=O)(=O)c1cccs1. The fraction of sp³-hybridized carbons (Fsp3) is 0.312. The van der Waals surface area contributed by atoms with Gasteiger partial charge >= 0.3 is 0 Å². The molecular weight excluding hydrogens is 332 g/mol. The number of nitrogens with zero attached hydrogens (tertiary/aromatic N) is 2. The van der Waals surface area contributed by atoms with Crippen molar-refractivity contribution in [3.05, 3.63) is 52.9 Å². The van der Waals surface area contributed by atoms with Crippen LogP contribution in [-0.4, -0.2) is 43.7 Å². The third kappa shape index (κ3) is 3.31. The first-order chi connectivity index (χ1) is 11.0. The summed E-state index contributed by atoms with van der Waals surface area (Å²) >= 11 is 1.16. The van der Waals surface area contributed by atoms with Crippen molar-refractivity contribution >= 4 is 27.3 Å². The predicted octanol–water partition coefficient (Wildman–Crippen LogP) is 1.95. The molecule has 1 aliphatic heterocycles. The summed E-state index contributed by atoms with van der Waals surface area (Å²) in [5.74, 6) is -0.165. The zero-order chi connectivity index (χ0) is 16.4. The number of fused-ring (bicyclic) bond motifs is 1. The third-order valence-corrected chi connectivity index (χ3v) is 7.18. The Morgan fingerprint density at radius 2 is 1.96 bits per heavy atom. The van der Waals surface area contributed by atoms with Crippen LogP contribution in [0, 0.1) is 0 Å². The second kappa shape index (κ2) is 6.43. The maximum atomic E-state index is 12.5. The Morgan fingerprint density at radius 3 is 2.65 bits per heavy atom. The molecule has 2 heterocycles. The average Bonchev–Trinajstić information content (AvgIpc) is 3.09. The van der Waals surface area contributed by atoms with Crippen molar-refractivity contribution in [2.75, 3.05) is 20.1 Å². The lowest BCUT2D eigenvalue weighted by Gasteiger charge is -2.30. The molecule has 7 heteroatoms. The molecule has 1 aromatic carbocycles. The molecule has 2 aromatic rings. The number of carbonyl (C=O) groups is 1. The summed E-state index contributed by atoms with van der Waals surface area (Å²) in [6.45, 7) is 1.03. The van der Waals surface area contributed by atoms with Crippen molar-refractivity contribution in [2.45, 2.75) is 17.2 Å². The molecule has 0 atom stereocenters. The van der Waals surface area contributed by atoms with Crippen LogP contribution in [0.3, 0.4) is 0 Å². The van der Waals surface area contributed by atoms with E-state index in [1.54, 1.807) is 22.4 Å². The first kappa shape index (κ1) is 16.2. The van der Waals surface area contributed by atoms with Gasteiger partial charge in [-0.15, -0.1) is 11.3 Å². The molecule has 0 fully saturated rings. The molecule has 0 radical (unpaired) electrons. The Balaban J connectivity index is 1.68. The zero-order valence-electron chi connectivity index (χ0n) is 12.8. The molecule has 1 aromatic heterocycles. The van der Waals surface area contributed by atoms with Crippen LogP contribution in [0.15, 0.2) is 46.0 Å². The Hall–Kier alpha value is -1.70. The van der Waals surface area contributed by atoms with Crippen LogP contribution in [0.2, 0.25) is 0 Å². The Labute approximate surface area is 140 Å². The van der Waals surface area contributed by atoms with Crippen molar-refractivity contribution in [1.29, 1.82) is 0 Å². The predicted molar refractivity (Wildman–Crippen MR) is 89.7 cm³/mol. The van der Waals surface area contributed by atoms with Gasteiger partial charge in [0, 0.05) is 20.1 Å². The van der Waals surface area contributed by atoms with E-state index in [-0.39, 0.29) is 16.7 Å². The maximum absolute atomic E-state index is 12.5. The topological polar surface area (TPSA) is 57.7 Å². The fourth-order valence-electron chi connectivity index (χ4n) is 2.65. The van der Waals surface area contributed by atoms with Gasteiger partial charge in [-0.05, 0) is 29.0 Å². The summed E-state index contributed by atoms with van der Waals surface area (Å²) in [7, 11) is -2.14. The van der Waals surface area contributed by atoms with Gasteiger partial charge in [0.05, 0.1) is 6.54 Å². The van der Waals surface area contributed by atoms with Crippen LogP contribution >= 0.6 is 11.3 Å². The van der Waals surface area contributed by atoms with Crippen LogP contribution in [-0.2, 0) is 27.8 Å². The molecule has 0 N–H and O–H groups in total. The second-order valence-electron chi connectivity index (χ2n) is 5.53. The molecule has 5 nitrogen and oxygen atoms in total. The van der Waals surface area contributed by atoms with Crippen LogP contribution in [0.1, 0.15) is 11.1 Å². The minimum atomic E-state index is -3.59. The number of rotatable bonds is 4. The molecular formula is C16H18N2O3S2. The van der Waals surface area contributed by atoms with Gasteiger partial charge in [-0.25, -0.2) is 8.42 Å². The molecule has 1 aliphatic rings. The van der Waals surface area contributed by atoms with Gasteiger partial charge in [0.15, 0.2) is 0 Å². The second-order valence-corrected chi connectivity index (χ2v) is 8.75. The van der Waals surface area contributed by atoms with Gasteiger partial charge < -0.3 is 4.90 Å². The third-order valence-electron chi connectivity index (χ3n) is 4.00. The van der Waals surface area contributed by atoms with Crippen LogP contribution in [0.25, 0.3) is 0 Å². The van der Waals surface area contributed by atoms with Crippen molar-refractivity contribution < 1.29 is 13.2 Å². The van der Waals surface area contributed by atoms with Gasteiger partial charge in [-0.2, -0.15) is 4.31 Å². The highest BCUT2D eigenvalue weighted by Gasteiger charge is 2.27. The first-order valence-corrected chi connectivity index (χ1v) is 9.65. The van der Waals surface area contributed by atoms with E-state index in [2.05, 4.69) is 6.07 Å². The highest BCUT2D eigenvalue weighted by Crippen LogP contribution is 2.21. The number of hydrogen-bond donors (Lipinski definition) is 0. The summed E-state index contributed by atoms with van der Waals surface area (Å²) in [6, 6.07) is 11.3. The summed E-state index contributed by atoms with van der Waals surface area (Å²) in [6.07, 6.45) is 0.809. The Morgan fingerprint density at radius 1 is 1.22 bits per heavy atom. The quantitative estimate of drug-likeness (QED) is 0.847. The van der Waals surface area contributed by atoms with E-state index in [9.17, 15) is 13.2 Å². The minimum Gasteiger partial charge on any atom is -0.337 e. The maximum Gasteiger partial charge on any atom is 0.252 e. The number of amides is 1. The zero-order valence-corrected chi connectivity index (χ0v) is 14.4. The molecule has 0 saturated carbocycles. The lowest BCUT2D eigenvalue weighted by atomic mass is 10.00. The molecule has 1 amide bonds. The normalized spacial score (nSPS) is 14.8. The number of benzene rings is 1. The van der Waals surface area contributed by atoms with Crippen molar-refractivity contribution in [3.8, 4) is 0 Å². The Bertz CT molecular complexity index is 800. The van der Waals surface area contributed by atoms with Gasteiger partial charge in [-0.1, -0.05) is 30.3 Å². The number of hydrogen-bond acceptors (Lipinski definition) is 4. The van der Waals surface area contributed by atoms with Gasteiger partial charge in [-0.3, -0.25) is 4.79 Å². The highest BCUT2D eigenvalue weighted by molar-refractivity contribution is 7.91. The standard InChI is InChI=1S/C16H18N2O3S2/c1-17(23(20,21)16-7-4-10-22-16)12-15(19)18-9-8-13-5-2-3-6-14(13)11-18/h2-7,10H,8-9,11-12H2,1H3. The van der Waals surface area contributed by atoms with Crippen LogP contribution < -0.4 is 0 Å². The molecule has 0 bridgehead atoms. The van der Waals surface area contributed by atoms with Crippen LogP contribution in [0.5, 0.6) is 0 Å². The Kier molecular flexibility index (Phi) is 4.52. The molecule has 0 saturated heterocycles. The molecule has 122 valence electrons. The number of likely N-dealkylation sites (N-methyl/N-ethyl adjacent to an activating group) is 1. The van der Waals surface area contributed by atoms with Crippen LogP contribution in [0.4, 0.5) is 0 Å². The lowest BCUT2D eigenvalue weighted by molar-refractivity contribution is -0.132. The largest absolute Gasteiger partial charge is 0.337 e. The first-order valence-electron chi connectivity index (χ1n) is 7.33. The number of carbonyl (C=O) groups excluding carboxylic acids is 1. The minimum absolute atomic E-state index is 0.137. The van der Waals surface area contributed by atoms with Gasteiger partial charge in [0.2, 0.25) is 5.91 Å². The number of sulfonamides is 1. The van der Waals surface area contributed by atoms with Crippen molar-refractivity contribution in [2.24, 2.45) is 0 Å². The lowest BCUT2D eigenvalue weighted by Crippen LogP contribution is -2.43. The molecule has 0 spiro atoms. The van der Waals surface area contributed by atoms with Crippen molar-refractivity contribution in [1.82, 2.24) is 9.21 Å². The molecule has 0 aliphatic carbocycles. The smallest absolute Gasteiger partial charge is 0.252 e. The van der Waals surface area contributed by atoms with E-state index in [0.717, 1.165) is 27.6 Å². The molecule has 0 unspecified atom stereocenters. The van der Waals surface area contributed by atoms with E-state index in [0.29, 0.717) is 13.1 Å². The van der Waals surface area contributed by atoms with E-state index >= 15 is 0 Å². The van der Waals surface area contributed by atoms with Gasteiger partial charge in [0.25, 0.3) is 10.0 Å². The van der Waals surface area contributed by atoms with E-state index in [1.165, 1.54) is 12.6 Å². The van der Waals surface area contributed by atoms with E-state index < -0.39 is 10.0 Å². The average molecular weight is 350 g/mol.